The number of aryl methyl sites for hydroxylation is 1. The molecular weight excluding hydrogens is 579 g/mol. The lowest BCUT2D eigenvalue weighted by Gasteiger charge is -2.15. The van der Waals surface area contributed by atoms with Crippen molar-refractivity contribution in [1.82, 2.24) is 0 Å². The second-order valence-electron chi connectivity index (χ2n) is 7.89. The molecule has 4 N–H and O–H groups in total. The van der Waals surface area contributed by atoms with Crippen LogP contribution in [0.25, 0.3) is 11.1 Å². The number of halogens is 3. The highest BCUT2D eigenvalue weighted by atomic mass is 32.2. The third-order valence-corrected chi connectivity index (χ3v) is 9.47. The maximum Gasteiger partial charge on any atom is 0.491 e. The first-order valence-electron chi connectivity index (χ1n) is 10.7. The van der Waals surface area contributed by atoms with Crippen molar-refractivity contribution < 1.29 is 40.7 Å². The van der Waals surface area contributed by atoms with Gasteiger partial charge in [-0.1, -0.05) is 24.3 Å². The van der Waals surface area contributed by atoms with E-state index in [1.54, 1.807) is 31.4 Å². The monoisotopic (exact) mass is 599 g/mol. The molecule has 0 radical (unpaired) electrons. The maximum atomic E-state index is 13.5. The molecule has 15 heteroatoms. The summed E-state index contributed by atoms with van der Waals surface area (Å²) in [6, 6.07) is 11.9. The Hall–Kier alpha value is -3.69. The second kappa shape index (κ2) is 11.6. The van der Waals surface area contributed by atoms with Crippen LogP contribution in [0.3, 0.4) is 0 Å². The Bertz CT molecular complexity index is 1580. The van der Waals surface area contributed by atoms with Crippen molar-refractivity contribution >= 4 is 62.3 Å². The number of carbonyl (C=O) groups is 3. The lowest BCUT2D eigenvalue weighted by atomic mass is 9.98. The number of esters is 2. The van der Waals surface area contributed by atoms with E-state index in [9.17, 15) is 36.0 Å². The molecule has 0 fully saturated rings. The molecule has 0 saturated heterocycles. The van der Waals surface area contributed by atoms with Gasteiger partial charge in [0.2, 0.25) is 15.7 Å². The Morgan fingerprint density at radius 1 is 1.13 bits per heavy atom. The molecule has 2 aromatic carbocycles. The van der Waals surface area contributed by atoms with Crippen LogP contribution in [0.1, 0.15) is 16.9 Å². The van der Waals surface area contributed by atoms with E-state index in [-0.39, 0.29) is 21.3 Å². The number of nitrogen functional groups attached to an aromatic ring is 1. The van der Waals surface area contributed by atoms with Gasteiger partial charge >= 0.3 is 18.1 Å². The number of anilines is 1. The Morgan fingerprint density at radius 3 is 2.41 bits per heavy atom. The third kappa shape index (κ3) is 6.85. The van der Waals surface area contributed by atoms with Gasteiger partial charge in [-0.05, 0) is 48.6 Å². The van der Waals surface area contributed by atoms with Crippen LogP contribution in [0, 0.1) is 12.3 Å². The van der Waals surface area contributed by atoms with Gasteiger partial charge in [0.25, 0.3) is 0 Å². The van der Waals surface area contributed by atoms with E-state index in [2.05, 4.69) is 10.1 Å². The molecule has 0 aliphatic rings. The number of benzene rings is 2. The fourth-order valence-corrected chi connectivity index (χ4v) is 7.35. The smallest absolute Gasteiger partial charge is 0.386 e. The van der Waals surface area contributed by atoms with Gasteiger partial charge < -0.3 is 15.8 Å². The minimum absolute atomic E-state index is 0.00687. The number of amidine groups is 1. The van der Waals surface area contributed by atoms with E-state index in [0.717, 1.165) is 11.3 Å². The topological polar surface area (TPSA) is 156 Å². The Balaban J connectivity index is 1.94. The molecule has 0 saturated carbocycles. The maximum absolute atomic E-state index is 13.5. The molecule has 0 bridgehead atoms. The van der Waals surface area contributed by atoms with Crippen LogP contribution in [0.4, 0.5) is 18.9 Å². The molecule has 1 heterocycles. The van der Waals surface area contributed by atoms with E-state index < -0.39 is 40.3 Å². The number of rotatable bonds is 8. The fraction of sp³-hybridized carbons (Fsp3) is 0.167. The number of nitrogens with two attached hydrogens (primary N) is 1. The molecule has 0 unspecified atom stereocenters. The lowest BCUT2D eigenvalue weighted by Crippen LogP contribution is -2.29. The summed E-state index contributed by atoms with van der Waals surface area (Å²) in [5.74, 6) is -5.75. The van der Waals surface area contributed by atoms with Crippen LogP contribution < -0.4 is 11.1 Å². The number of carbonyl (C=O) groups excluding carboxylic acids is 3. The predicted molar refractivity (Wildman–Crippen MR) is 140 cm³/mol. The number of sulfone groups is 1. The molecule has 0 aliphatic heterocycles. The summed E-state index contributed by atoms with van der Waals surface area (Å²) in [7, 11) is -4.05. The van der Waals surface area contributed by atoms with Crippen molar-refractivity contribution in [3.63, 3.8) is 0 Å². The molecule has 3 rings (SSSR count). The van der Waals surface area contributed by atoms with Gasteiger partial charge in [0.15, 0.2) is 0 Å². The minimum atomic E-state index is -5.39. The summed E-state index contributed by atoms with van der Waals surface area (Å²) >= 11 is 2.27. The van der Waals surface area contributed by atoms with Crippen LogP contribution in [0.15, 0.2) is 62.5 Å². The summed E-state index contributed by atoms with van der Waals surface area (Å²) in [5, 5.41) is 10.0. The molecule has 39 heavy (non-hydrogen) atoms. The summed E-state index contributed by atoms with van der Waals surface area (Å²) in [5.41, 5.74) is 7.06. The number of thiophene rings is 1. The number of hydrogen-bond donors (Lipinski definition) is 3. The van der Waals surface area contributed by atoms with Crippen LogP contribution in [-0.2, 0) is 29.0 Å². The van der Waals surface area contributed by atoms with Crippen molar-refractivity contribution in [3.05, 3.63) is 59.0 Å². The number of thioether (sulfide) groups is 1. The van der Waals surface area contributed by atoms with Crippen LogP contribution in [0.5, 0.6) is 0 Å². The van der Waals surface area contributed by atoms with E-state index in [1.807, 2.05) is 0 Å². The van der Waals surface area contributed by atoms with Crippen molar-refractivity contribution in [3.8, 4) is 11.1 Å². The van der Waals surface area contributed by atoms with Crippen molar-refractivity contribution in [2.24, 2.45) is 5.73 Å². The van der Waals surface area contributed by atoms with Crippen molar-refractivity contribution in [1.29, 1.82) is 5.41 Å². The SMILES string of the molecule is CSc1sc(C(=N)N)cc1S(=O)(=O)c1cccc(-c2c(C)cccc2NC(=O)CC(=O)OC(=O)C(F)(F)F)c1. The van der Waals surface area contributed by atoms with Gasteiger partial charge in [0, 0.05) is 11.3 Å². The largest absolute Gasteiger partial charge is 0.491 e. The van der Waals surface area contributed by atoms with E-state index in [4.69, 9.17) is 11.1 Å². The average Bonchev–Trinajstić information content (AvgIpc) is 3.29. The molecule has 206 valence electrons. The van der Waals surface area contributed by atoms with E-state index >= 15 is 0 Å². The summed E-state index contributed by atoms with van der Waals surface area (Å²) in [4.78, 5) is 35.0. The third-order valence-electron chi connectivity index (χ3n) is 5.13. The van der Waals surface area contributed by atoms with Gasteiger partial charge in [0.05, 0.1) is 18.9 Å². The molecule has 1 aromatic heterocycles. The number of nitrogens with one attached hydrogen (secondary N) is 2. The number of hydrogen-bond acceptors (Lipinski definition) is 9. The predicted octanol–water partition coefficient (Wildman–Crippen LogP) is 4.52. The Labute approximate surface area is 229 Å². The number of amides is 1. The zero-order valence-corrected chi connectivity index (χ0v) is 22.7. The Kier molecular flexibility index (Phi) is 8.87. The van der Waals surface area contributed by atoms with Crippen LogP contribution >= 0.6 is 23.1 Å². The summed E-state index contributed by atoms with van der Waals surface area (Å²) < 4.78 is 68.0. The molecule has 9 nitrogen and oxygen atoms in total. The molecule has 0 atom stereocenters. The first-order chi connectivity index (χ1) is 18.1. The van der Waals surface area contributed by atoms with Gasteiger partial charge in [-0.2, -0.15) is 13.2 Å². The summed E-state index contributed by atoms with van der Waals surface area (Å²) in [6.07, 6.45) is -4.87. The number of ether oxygens (including phenoxy) is 1. The Morgan fingerprint density at radius 2 is 1.79 bits per heavy atom. The van der Waals surface area contributed by atoms with E-state index in [1.165, 1.54) is 42.1 Å². The molecule has 3 aromatic rings. The zero-order chi connectivity index (χ0) is 29.1. The lowest BCUT2D eigenvalue weighted by molar-refractivity contribution is -0.201. The molecule has 0 spiro atoms. The highest BCUT2D eigenvalue weighted by molar-refractivity contribution is 8.01. The highest BCUT2D eigenvalue weighted by Crippen LogP contribution is 2.39. The average molecular weight is 600 g/mol. The van der Waals surface area contributed by atoms with Gasteiger partial charge in [-0.25, -0.2) is 13.2 Å². The second-order valence-corrected chi connectivity index (χ2v) is 11.9. The first-order valence-corrected chi connectivity index (χ1v) is 14.3. The summed E-state index contributed by atoms with van der Waals surface area (Å²) in [6.45, 7) is 1.69. The van der Waals surface area contributed by atoms with Crippen LogP contribution in [0.2, 0.25) is 0 Å². The van der Waals surface area contributed by atoms with Gasteiger partial charge in [-0.15, -0.1) is 23.1 Å². The number of alkyl halides is 3. The molecule has 0 aliphatic carbocycles. The quantitative estimate of drug-likeness (QED) is 0.112. The highest BCUT2D eigenvalue weighted by Gasteiger charge is 2.42. The van der Waals surface area contributed by atoms with Crippen molar-refractivity contribution in [2.75, 3.05) is 11.6 Å². The molecular formula is C24H20F3N3O6S3. The fourth-order valence-electron chi connectivity index (χ4n) is 3.44. The normalized spacial score (nSPS) is 11.6. The standard InChI is InChI=1S/C24H20F3N3O6S3/c1-12-5-3-8-15(30-18(31)11-19(32)36-23(33)24(25,26)27)20(12)13-6-4-7-14(9-13)39(34,35)17-10-16(21(28)29)38-22(17)37-2/h3-10H,11H2,1-2H3,(H3,28,29)(H,30,31). The van der Waals surface area contributed by atoms with Gasteiger partial charge in [-0.3, -0.25) is 15.0 Å². The minimum Gasteiger partial charge on any atom is -0.386 e. The first kappa shape index (κ1) is 29.9. The van der Waals surface area contributed by atoms with E-state index in [0.29, 0.717) is 25.8 Å². The van der Waals surface area contributed by atoms with Crippen molar-refractivity contribution in [2.45, 2.75) is 33.5 Å². The molecule has 1 amide bonds. The van der Waals surface area contributed by atoms with Gasteiger partial charge in [0.1, 0.15) is 12.3 Å². The zero-order valence-electron chi connectivity index (χ0n) is 20.2. The van der Waals surface area contributed by atoms with Crippen LogP contribution in [-0.4, -0.2) is 44.5 Å².